The van der Waals surface area contributed by atoms with Crippen LogP contribution in [-0.2, 0) is 31.6 Å². The summed E-state index contributed by atoms with van der Waals surface area (Å²) in [4.78, 5) is 14.3. The topological polar surface area (TPSA) is 185 Å². The van der Waals surface area contributed by atoms with Crippen LogP contribution in [-0.4, -0.2) is 54.4 Å². The predicted molar refractivity (Wildman–Crippen MR) is 127 cm³/mol. The van der Waals surface area contributed by atoms with Crippen molar-refractivity contribution in [2.75, 3.05) is 12.4 Å². The number of aromatic nitrogens is 2. The zero-order chi connectivity index (χ0) is 26.5. The second-order valence-electron chi connectivity index (χ2n) is 7.90. The number of halogens is 1. The third kappa shape index (κ3) is 7.86. The molecule has 3 aromatic rings. The van der Waals surface area contributed by atoms with Crippen LogP contribution in [0.2, 0.25) is 5.02 Å². The molecule has 15 heteroatoms. The molecule has 12 nitrogen and oxygen atoms in total. The van der Waals surface area contributed by atoms with Crippen LogP contribution in [0.4, 0.5) is 0 Å². The Balaban J connectivity index is 1.80. The van der Waals surface area contributed by atoms with Crippen molar-refractivity contribution in [1.82, 2.24) is 4.98 Å². The molecule has 0 aliphatic rings. The van der Waals surface area contributed by atoms with Crippen molar-refractivity contribution in [2.24, 2.45) is 0 Å². The Morgan fingerprint density at radius 2 is 1.86 bits per heavy atom. The van der Waals surface area contributed by atoms with Crippen molar-refractivity contribution in [3.63, 3.8) is 0 Å². The van der Waals surface area contributed by atoms with Crippen molar-refractivity contribution in [1.29, 1.82) is 0 Å². The van der Waals surface area contributed by atoms with Crippen LogP contribution >= 0.6 is 11.6 Å². The SMILES string of the molecule is O=C(O)CCCCC[n+]1ccc(-c2nc3cc(S(=O)(=O)O)c(OCCCS(=O)(=O)O)cc3o2)c(Cl)c1. The summed E-state index contributed by atoms with van der Waals surface area (Å²) in [6.45, 7) is 0.374. The average Bonchev–Trinajstić information content (AvgIpc) is 3.17. The van der Waals surface area contributed by atoms with Crippen molar-refractivity contribution >= 4 is 48.9 Å². The summed E-state index contributed by atoms with van der Waals surface area (Å²) in [5.74, 6) is -1.60. The number of carboxylic acids is 1. The number of rotatable bonds is 13. The Morgan fingerprint density at radius 3 is 2.50 bits per heavy atom. The predicted octanol–water partition coefficient (Wildman–Crippen LogP) is 2.98. The van der Waals surface area contributed by atoms with E-state index >= 15 is 0 Å². The number of oxazole rings is 1. The van der Waals surface area contributed by atoms with E-state index in [0.717, 1.165) is 18.9 Å². The highest BCUT2D eigenvalue weighted by Crippen LogP contribution is 2.34. The largest absolute Gasteiger partial charge is 0.492 e. The number of carboxylic acid groups (broad SMARTS) is 1. The van der Waals surface area contributed by atoms with Crippen LogP contribution in [0.3, 0.4) is 0 Å². The molecule has 2 heterocycles. The van der Waals surface area contributed by atoms with Crippen molar-refractivity contribution in [2.45, 2.75) is 43.5 Å². The molecule has 3 N–H and O–H groups in total. The van der Waals surface area contributed by atoms with Crippen LogP contribution < -0.4 is 9.30 Å². The van der Waals surface area contributed by atoms with Gasteiger partial charge in [0.05, 0.1) is 17.9 Å². The van der Waals surface area contributed by atoms with Gasteiger partial charge in [0.25, 0.3) is 20.2 Å². The smallest absolute Gasteiger partial charge is 0.303 e. The van der Waals surface area contributed by atoms with E-state index in [1.807, 2.05) is 4.57 Å². The summed E-state index contributed by atoms with van der Waals surface area (Å²) >= 11 is 6.40. The van der Waals surface area contributed by atoms with Crippen molar-refractivity contribution < 1.29 is 49.6 Å². The molecule has 0 unspecified atom stereocenters. The molecular formula is C21H24ClN2O10S2+. The summed E-state index contributed by atoms with van der Waals surface area (Å²) < 4.78 is 76.6. The lowest BCUT2D eigenvalue weighted by atomic mass is 10.2. The van der Waals surface area contributed by atoms with E-state index in [0.29, 0.717) is 23.6 Å². The van der Waals surface area contributed by atoms with Gasteiger partial charge in [-0.15, -0.1) is 0 Å². The highest BCUT2D eigenvalue weighted by atomic mass is 35.5. The molecule has 0 aliphatic heterocycles. The van der Waals surface area contributed by atoms with E-state index in [2.05, 4.69) is 4.98 Å². The second-order valence-corrected chi connectivity index (χ2v) is 11.3. The van der Waals surface area contributed by atoms with Gasteiger partial charge in [0, 0.05) is 25.0 Å². The minimum atomic E-state index is -4.71. The summed E-state index contributed by atoms with van der Waals surface area (Å²) in [5.41, 5.74) is 0.668. The van der Waals surface area contributed by atoms with E-state index in [9.17, 15) is 26.2 Å². The Morgan fingerprint density at radius 1 is 1.11 bits per heavy atom. The van der Waals surface area contributed by atoms with E-state index in [1.165, 1.54) is 6.07 Å². The Bertz CT molecular complexity index is 1470. The van der Waals surface area contributed by atoms with Gasteiger partial charge in [0.1, 0.15) is 27.7 Å². The van der Waals surface area contributed by atoms with Gasteiger partial charge in [-0.2, -0.15) is 16.8 Å². The van der Waals surface area contributed by atoms with E-state index < -0.39 is 36.9 Å². The van der Waals surface area contributed by atoms with Gasteiger partial charge in [-0.3, -0.25) is 13.9 Å². The highest BCUT2D eigenvalue weighted by Gasteiger charge is 2.22. The van der Waals surface area contributed by atoms with Crippen molar-refractivity contribution in [3.05, 3.63) is 35.6 Å². The average molecular weight is 564 g/mol. The molecule has 196 valence electrons. The van der Waals surface area contributed by atoms with Crippen LogP contribution in [0.25, 0.3) is 22.6 Å². The van der Waals surface area contributed by atoms with Gasteiger partial charge in [-0.25, -0.2) is 9.55 Å². The van der Waals surface area contributed by atoms with Gasteiger partial charge in [-0.1, -0.05) is 11.6 Å². The summed E-state index contributed by atoms with van der Waals surface area (Å²) in [6.07, 6.45) is 5.52. The quantitative estimate of drug-likeness (QED) is 0.158. The molecule has 0 saturated heterocycles. The Kier molecular flexibility index (Phi) is 8.89. The molecule has 0 bridgehead atoms. The van der Waals surface area contributed by atoms with Gasteiger partial charge in [0.15, 0.2) is 18.0 Å². The lowest BCUT2D eigenvalue weighted by molar-refractivity contribution is -0.697. The van der Waals surface area contributed by atoms with Gasteiger partial charge < -0.3 is 14.3 Å². The number of pyridine rings is 1. The summed E-state index contributed by atoms with van der Waals surface area (Å²) in [6, 6.07) is 3.93. The number of fused-ring (bicyclic) bond motifs is 1. The van der Waals surface area contributed by atoms with E-state index in [1.54, 1.807) is 18.5 Å². The molecule has 1 aromatic carbocycles. The fourth-order valence-electron chi connectivity index (χ4n) is 3.36. The second kappa shape index (κ2) is 11.5. The van der Waals surface area contributed by atoms with Gasteiger partial charge in [-0.05, 0) is 25.3 Å². The van der Waals surface area contributed by atoms with Crippen LogP contribution in [0.5, 0.6) is 5.75 Å². The number of carbonyl (C=O) groups is 1. The first-order valence-electron chi connectivity index (χ1n) is 10.7. The third-order valence-corrected chi connectivity index (χ3v) is 7.02. The monoisotopic (exact) mass is 563 g/mol. The van der Waals surface area contributed by atoms with E-state index in [4.69, 9.17) is 30.4 Å². The van der Waals surface area contributed by atoms with E-state index in [-0.39, 0.29) is 42.2 Å². The molecule has 0 radical (unpaired) electrons. The van der Waals surface area contributed by atoms with Crippen molar-refractivity contribution in [3.8, 4) is 17.2 Å². The number of unbranched alkanes of at least 4 members (excludes halogenated alkanes) is 2. The molecule has 0 spiro atoms. The zero-order valence-corrected chi connectivity index (χ0v) is 21.2. The van der Waals surface area contributed by atoms with Crippen LogP contribution in [0.1, 0.15) is 32.1 Å². The highest BCUT2D eigenvalue weighted by molar-refractivity contribution is 7.86. The molecule has 2 aromatic heterocycles. The molecular weight excluding hydrogens is 540 g/mol. The molecule has 3 rings (SSSR count). The molecule has 0 amide bonds. The molecule has 0 aliphatic carbocycles. The maximum absolute atomic E-state index is 11.8. The number of aryl methyl sites for hydroxylation is 1. The summed E-state index contributed by atoms with van der Waals surface area (Å²) in [7, 11) is -8.92. The number of benzene rings is 1. The standard InChI is InChI=1S/C21H23ClN2O10S2/c22-15-13-24(7-3-1-2-5-20(25)26)8-6-14(15)21-23-16-11-19(36(30,31)32)18(12-17(16)34-21)33-9-4-10-35(27,28)29/h6,8,11-13H,1-5,7,9-10H2,(H2-,25,26,27,28,29,30,31,32)/p+1. The maximum atomic E-state index is 11.8. The van der Waals surface area contributed by atoms with Crippen LogP contribution in [0, 0.1) is 0 Å². The Labute approximate surface area is 212 Å². The minimum absolute atomic E-state index is 0.0911. The Hall–Kier alpha value is -2.78. The molecule has 0 saturated carbocycles. The fourth-order valence-corrected chi connectivity index (χ4v) is 4.74. The first kappa shape index (κ1) is 27.8. The number of aliphatic carboxylic acids is 1. The molecule has 0 fully saturated rings. The lowest BCUT2D eigenvalue weighted by Crippen LogP contribution is -2.32. The number of hydrogen-bond donors (Lipinski definition) is 3. The van der Waals surface area contributed by atoms with Gasteiger partial charge in [0.2, 0.25) is 5.89 Å². The number of ether oxygens (including phenoxy) is 1. The minimum Gasteiger partial charge on any atom is -0.492 e. The third-order valence-electron chi connectivity index (χ3n) is 5.04. The maximum Gasteiger partial charge on any atom is 0.303 e. The molecule has 36 heavy (non-hydrogen) atoms. The number of nitrogens with zero attached hydrogens (tertiary/aromatic N) is 2. The van der Waals surface area contributed by atoms with Crippen LogP contribution in [0.15, 0.2) is 39.9 Å². The van der Waals surface area contributed by atoms with Gasteiger partial charge >= 0.3 is 5.97 Å². The first-order chi connectivity index (χ1) is 16.8. The lowest BCUT2D eigenvalue weighted by Gasteiger charge is -2.09. The zero-order valence-electron chi connectivity index (χ0n) is 18.8. The first-order valence-corrected chi connectivity index (χ1v) is 14.2. The number of hydrogen-bond acceptors (Lipinski definition) is 8. The fraction of sp³-hybridized carbons (Fsp3) is 0.381. The molecule has 0 atom stereocenters. The normalized spacial score (nSPS) is 12.2. The summed E-state index contributed by atoms with van der Waals surface area (Å²) in [5, 5.41) is 9.00.